The normalized spacial score (nSPS) is 17.6. The number of hydrogen-bond donors (Lipinski definition) is 2. The van der Waals surface area contributed by atoms with E-state index in [0.717, 1.165) is 12.0 Å². The molecule has 0 heterocycles. The molecule has 0 aromatic heterocycles. The average Bonchev–Trinajstić information content (AvgIpc) is 2.27. The van der Waals surface area contributed by atoms with Crippen LogP contribution in [0.5, 0.6) is 5.75 Å². The highest BCUT2D eigenvalue weighted by atomic mass is 35.5. The summed E-state index contributed by atoms with van der Waals surface area (Å²) in [6, 6.07) is 4.91. The molecule has 1 aromatic carbocycles. The van der Waals surface area contributed by atoms with Crippen LogP contribution in [0.1, 0.15) is 12.0 Å². The molecule has 3 heteroatoms. The van der Waals surface area contributed by atoms with Crippen molar-refractivity contribution in [3.63, 3.8) is 0 Å². The number of nitrogens with two attached hydrogens (primary N) is 1. The summed E-state index contributed by atoms with van der Waals surface area (Å²) in [5, 5.41) is 10.2. The van der Waals surface area contributed by atoms with E-state index in [9.17, 15) is 5.11 Å². The molecule has 0 bridgehead atoms. The Labute approximate surface area is 99.3 Å². The van der Waals surface area contributed by atoms with Crippen LogP contribution in [0.2, 0.25) is 5.02 Å². The Balaban J connectivity index is 2.39. The van der Waals surface area contributed by atoms with Gasteiger partial charge in [0.1, 0.15) is 5.75 Å². The van der Waals surface area contributed by atoms with E-state index in [1.54, 1.807) is 24.3 Å². The Morgan fingerprint density at radius 2 is 2.25 bits per heavy atom. The van der Waals surface area contributed by atoms with Gasteiger partial charge in [-0.25, -0.2) is 0 Å². The molecule has 0 spiro atoms. The molecule has 0 unspecified atom stereocenters. The second kappa shape index (κ2) is 4.45. The quantitative estimate of drug-likeness (QED) is 0.782. The molecule has 1 aliphatic carbocycles. The summed E-state index contributed by atoms with van der Waals surface area (Å²) in [5.41, 5.74) is 7.98. The molecule has 0 saturated carbocycles. The molecule has 0 atom stereocenters. The van der Waals surface area contributed by atoms with E-state index in [1.807, 2.05) is 12.2 Å². The highest BCUT2D eigenvalue weighted by Gasteiger charge is 2.06. The van der Waals surface area contributed by atoms with Gasteiger partial charge in [-0.1, -0.05) is 23.8 Å². The van der Waals surface area contributed by atoms with Crippen LogP contribution in [0.25, 0.3) is 6.08 Å². The molecule has 0 aliphatic heterocycles. The molecule has 0 saturated heterocycles. The minimum absolute atomic E-state index is 0.194. The van der Waals surface area contributed by atoms with Crippen molar-refractivity contribution in [1.82, 2.24) is 0 Å². The molecule has 81 valence electrons. The maximum absolute atomic E-state index is 9.66. The Morgan fingerprint density at radius 3 is 3.00 bits per heavy atom. The second-order valence-electron chi connectivity index (χ2n) is 3.54. The third-order valence-corrected chi connectivity index (χ3v) is 2.59. The fraction of sp³-hybridized carbons (Fsp3) is 0.0769. The summed E-state index contributed by atoms with van der Waals surface area (Å²) in [6.07, 6.45) is 9.24. The van der Waals surface area contributed by atoms with Crippen LogP contribution in [-0.2, 0) is 0 Å². The highest BCUT2D eigenvalue weighted by Crippen LogP contribution is 2.26. The number of rotatable bonds is 1. The first-order chi connectivity index (χ1) is 7.66. The van der Waals surface area contributed by atoms with Crippen molar-refractivity contribution in [3.8, 4) is 5.75 Å². The van der Waals surface area contributed by atoms with E-state index >= 15 is 0 Å². The van der Waals surface area contributed by atoms with Crippen molar-refractivity contribution in [2.24, 2.45) is 5.73 Å². The fourth-order valence-electron chi connectivity index (χ4n) is 1.50. The van der Waals surface area contributed by atoms with Crippen LogP contribution < -0.4 is 5.73 Å². The van der Waals surface area contributed by atoms with E-state index in [-0.39, 0.29) is 5.75 Å². The van der Waals surface area contributed by atoms with E-state index < -0.39 is 0 Å². The third-order valence-electron chi connectivity index (χ3n) is 2.36. The Kier molecular flexibility index (Phi) is 3.02. The van der Waals surface area contributed by atoms with Gasteiger partial charge in [-0.3, -0.25) is 0 Å². The van der Waals surface area contributed by atoms with Crippen molar-refractivity contribution in [2.75, 3.05) is 0 Å². The Morgan fingerprint density at radius 1 is 1.44 bits per heavy atom. The predicted octanol–water partition coefficient (Wildman–Crippen LogP) is 3.03. The van der Waals surface area contributed by atoms with Crippen molar-refractivity contribution in [3.05, 3.63) is 58.3 Å². The molecular formula is C13H11ClNO. The van der Waals surface area contributed by atoms with Gasteiger partial charge in [0.15, 0.2) is 0 Å². The van der Waals surface area contributed by atoms with Crippen molar-refractivity contribution in [1.29, 1.82) is 0 Å². The SMILES string of the molecule is NC1=[C]C=CCC1=Cc1cc(Cl)ccc1O. The Hall–Kier alpha value is -1.67. The second-order valence-corrected chi connectivity index (χ2v) is 3.97. The first-order valence-electron chi connectivity index (χ1n) is 4.90. The summed E-state index contributed by atoms with van der Waals surface area (Å²) < 4.78 is 0. The van der Waals surface area contributed by atoms with Gasteiger partial charge in [-0.05, 0) is 36.3 Å². The topological polar surface area (TPSA) is 46.2 Å². The third kappa shape index (κ3) is 2.28. The Bertz CT molecular complexity index is 501. The molecule has 0 fully saturated rings. The smallest absolute Gasteiger partial charge is 0.122 e. The fourth-order valence-corrected chi connectivity index (χ4v) is 1.68. The summed E-state index contributed by atoms with van der Waals surface area (Å²) in [5.74, 6) is 0.194. The van der Waals surface area contributed by atoms with Crippen LogP contribution in [-0.4, -0.2) is 5.11 Å². The minimum atomic E-state index is 0.194. The molecule has 1 aliphatic rings. The van der Waals surface area contributed by atoms with Crippen LogP contribution in [0.3, 0.4) is 0 Å². The van der Waals surface area contributed by atoms with E-state index in [1.165, 1.54) is 0 Å². The number of benzene rings is 1. The van der Waals surface area contributed by atoms with Gasteiger partial charge in [0.25, 0.3) is 0 Å². The lowest BCUT2D eigenvalue weighted by Crippen LogP contribution is -2.03. The van der Waals surface area contributed by atoms with Crippen molar-refractivity contribution in [2.45, 2.75) is 6.42 Å². The van der Waals surface area contributed by atoms with Crippen LogP contribution >= 0.6 is 11.6 Å². The van der Waals surface area contributed by atoms with Gasteiger partial charge in [0.2, 0.25) is 0 Å². The van der Waals surface area contributed by atoms with Crippen LogP contribution in [0, 0.1) is 6.08 Å². The summed E-state index contributed by atoms with van der Waals surface area (Å²) >= 11 is 5.86. The van der Waals surface area contributed by atoms with E-state index in [0.29, 0.717) is 16.3 Å². The van der Waals surface area contributed by atoms with Crippen LogP contribution in [0.4, 0.5) is 0 Å². The molecule has 2 rings (SSSR count). The molecule has 2 nitrogen and oxygen atoms in total. The number of phenols is 1. The lowest BCUT2D eigenvalue weighted by atomic mass is 10.0. The van der Waals surface area contributed by atoms with Gasteiger partial charge in [-0.15, -0.1) is 0 Å². The lowest BCUT2D eigenvalue weighted by Gasteiger charge is -2.09. The van der Waals surface area contributed by atoms with E-state index in [4.69, 9.17) is 17.3 Å². The van der Waals surface area contributed by atoms with Gasteiger partial charge < -0.3 is 10.8 Å². The maximum Gasteiger partial charge on any atom is 0.122 e. The zero-order valence-electron chi connectivity index (χ0n) is 8.57. The maximum atomic E-state index is 9.66. The first-order valence-corrected chi connectivity index (χ1v) is 5.28. The van der Waals surface area contributed by atoms with Gasteiger partial charge in [0.05, 0.1) is 0 Å². The summed E-state index contributed by atoms with van der Waals surface area (Å²) in [6.45, 7) is 0. The first kappa shape index (κ1) is 10.8. The average molecular weight is 233 g/mol. The van der Waals surface area contributed by atoms with Crippen molar-refractivity contribution >= 4 is 17.7 Å². The minimum Gasteiger partial charge on any atom is -0.507 e. The standard InChI is InChI=1S/C13H11ClNO/c14-11-5-6-13(16)10(8-11)7-9-3-1-2-4-12(9)15/h1-2,5-8,16H,3,15H2. The predicted molar refractivity (Wildman–Crippen MR) is 65.8 cm³/mol. The van der Waals surface area contributed by atoms with E-state index in [2.05, 4.69) is 6.08 Å². The van der Waals surface area contributed by atoms with Crippen LogP contribution in [0.15, 0.2) is 41.6 Å². The largest absolute Gasteiger partial charge is 0.507 e. The number of hydrogen-bond acceptors (Lipinski definition) is 2. The summed E-state index contributed by atoms with van der Waals surface area (Å²) in [7, 11) is 0. The number of allylic oxidation sites excluding steroid dienone is 4. The molecule has 16 heavy (non-hydrogen) atoms. The number of aromatic hydroxyl groups is 1. The number of phenolic OH excluding ortho intramolecular Hbond substituents is 1. The van der Waals surface area contributed by atoms with Gasteiger partial charge in [0, 0.05) is 22.4 Å². The molecule has 1 aromatic rings. The zero-order valence-corrected chi connectivity index (χ0v) is 9.33. The molecule has 1 radical (unpaired) electrons. The zero-order chi connectivity index (χ0) is 11.5. The van der Waals surface area contributed by atoms with Gasteiger partial charge >= 0.3 is 0 Å². The number of halogens is 1. The monoisotopic (exact) mass is 232 g/mol. The molecule has 3 N–H and O–H groups in total. The summed E-state index contributed by atoms with van der Waals surface area (Å²) in [4.78, 5) is 0. The van der Waals surface area contributed by atoms with Crippen molar-refractivity contribution < 1.29 is 5.11 Å². The lowest BCUT2D eigenvalue weighted by molar-refractivity contribution is 0.474. The molecular weight excluding hydrogens is 222 g/mol. The van der Waals surface area contributed by atoms with Gasteiger partial charge in [-0.2, -0.15) is 0 Å². The molecule has 0 amide bonds. The highest BCUT2D eigenvalue weighted by molar-refractivity contribution is 6.30.